The Labute approximate surface area is 105 Å². The minimum Gasteiger partial charge on any atom is -0.271 e. The van der Waals surface area contributed by atoms with E-state index in [0.29, 0.717) is 6.54 Å². The highest BCUT2D eigenvalue weighted by Crippen LogP contribution is 2.28. The molecule has 0 bridgehead atoms. The van der Waals surface area contributed by atoms with Crippen molar-refractivity contribution in [3.63, 3.8) is 0 Å². The van der Waals surface area contributed by atoms with E-state index in [0.717, 1.165) is 10.7 Å². The number of rotatable bonds is 3. The molecule has 0 atom stereocenters. The minimum absolute atomic E-state index is 0.635. The molecule has 0 spiro atoms. The fourth-order valence-corrected chi connectivity index (χ4v) is 3.10. The lowest BCUT2D eigenvalue weighted by atomic mass is 10.1. The molecule has 0 saturated heterocycles. The summed E-state index contributed by atoms with van der Waals surface area (Å²) in [5.74, 6) is 5.30. The first kappa shape index (κ1) is 10.9. The molecule has 0 amide bonds. The van der Waals surface area contributed by atoms with Crippen molar-refractivity contribution in [3.8, 4) is 11.3 Å². The molecule has 0 radical (unpaired) electrons. The van der Waals surface area contributed by atoms with E-state index in [1.165, 1.54) is 36.0 Å². The molecule has 88 valence electrons. The Morgan fingerprint density at radius 2 is 2.18 bits per heavy atom. The van der Waals surface area contributed by atoms with Gasteiger partial charge in [-0.05, 0) is 36.5 Å². The Bertz CT molecular complexity index is 533. The van der Waals surface area contributed by atoms with Gasteiger partial charge < -0.3 is 0 Å². The third-order valence-electron chi connectivity index (χ3n) is 3.20. The molecular weight excluding hydrogens is 230 g/mol. The van der Waals surface area contributed by atoms with Crippen molar-refractivity contribution >= 4 is 11.3 Å². The molecule has 3 N–H and O–H groups in total. The molecule has 1 aliphatic rings. The van der Waals surface area contributed by atoms with E-state index in [-0.39, 0.29) is 0 Å². The van der Waals surface area contributed by atoms with E-state index in [1.54, 1.807) is 11.3 Å². The van der Waals surface area contributed by atoms with E-state index in [1.807, 2.05) is 0 Å². The van der Waals surface area contributed by atoms with Crippen LogP contribution in [0.1, 0.15) is 22.6 Å². The number of hydrogen-bond donors (Lipinski definition) is 2. The topological polar surface area (TPSA) is 50.9 Å². The number of nitrogens with one attached hydrogen (secondary N) is 1. The number of benzene rings is 1. The maximum Gasteiger partial charge on any atom is 0.108 e. The average molecular weight is 245 g/mol. The summed E-state index contributed by atoms with van der Waals surface area (Å²) >= 11 is 1.65. The lowest BCUT2D eigenvalue weighted by Crippen LogP contribution is -2.20. The SMILES string of the molecule is NNCc1nc(-c2ccc3c(c2)CCC3)cs1. The quantitative estimate of drug-likeness (QED) is 0.644. The van der Waals surface area contributed by atoms with Gasteiger partial charge in [0.2, 0.25) is 0 Å². The van der Waals surface area contributed by atoms with Gasteiger partial charge in [-0.3, -0.25) is 11.3 Å². The molecule has 1 aromatic heterocycles. The average Bonchev–Trinajstić information content (AvgIpc) is 2.96. The monoisotopic (exact) mass is 245 g/mol. The van der Waals surface area contributed by atoms with Gasteiger partial charge in [0, 0.05) is 10.9 Å². The summed E-state index contributed by atoms with van der Waals surface area (Å²) in [5.41, 5.74) is 7.93. The van der Waals surface area contributed by atoms with Crippen molar-refractivity contribution in [2.75, 3.05) is 0 Å². The fourth-order valence-electron chi connectivity index (χ4n) is 2.34. The van der Waals surface area contributed by atoms with E-state index in [9.17, 15) is 0 Å². The highest BCUT2D eigenvalue weighted by Gasteiger charge is 2.12. The van der Waals surface area contributed by atoms with Crippen LogP contribution in [0.3, 0.4) is 0 Å². The zero-order valence-corrected chi connectivity index (χ0v) is 10.4. The molecule has 0 saturated carbocycles. The number of nitrogens with zero attached hydrogens (tertiary/aromatic N) is 1. The second kappa shape index (κ2) is 4.56. The van der Waals surface area contributed by atoms with Crippen molar-refractivity contribution in [1.82, 2.24) is 10.4 Å². The summed E-state index contributed by atoms with van der Waals surface area (Å²) in [6.45, 7) is 0.635. The molecule has 1 aromatic carbocycles. The highest BCUT2D eigenvalue weighted by molar-refractivity contribution is 7.09. The molecule has 2 aromatic rings. The van der Waals surface area contributed by atoms with Gasteiger partial charge in [-0.2, -0.15) is 0 Å². The maximum absolute atomic E-state index is 5.30. The number of nitrogens with two attached hydrogens (primary N) is 1. The molecule has 0 aliphatic heterocycles. The lowest BCUT2D eigenvalue weighted by Gasteiger charge is -2.02. The van der Waals surface area contributed by atoms with E-state index < -0.39 is 0 Å². The van der Waals surface area contributed by atoms with Crippen LogP contribution in [0.2, 0.25) is 0 Å². The van der Waals surface area contributed by atoms with Crippen molar-refractivity contribution in [3.05, 3.63) is 39.7 Å². The Morgan fingerprint density at radius 3 is 3.06 bits per heavy atom. The predicted molar refractivity (Wildman–Crippen MR) is 70.6 cm³/mol. The van der Waals surface area contributed by atoms with Crippen LogP contribution in [0.5, 0.6) is 0 Å². The number of thiazole rings is 1. The van der Waals surface area contributed by atoms with Crippen LogP contribution in [-0.2, 0) is 19.4 Å². The summed E-state index contributed by atoms with van der Waals surface area (Å²) in [6, 6.07) is 6.72. The normalized spacial score (nSPS) is 13.9. The third-order valence-corrected chi connectivity index (χ3v) is 4.05. The van der Waals surface area contributed by atoms with Gasteiger partial charge in [0.1, 0.15) is 5.01 Å². The number of aryl methyl sites for hydroxylation is 2. The molecule has 3 rings (SSSR count). The summed E-state index contributed by atoms with van der Waals surface area (Å²) in [6.07, 6.45) is 3.73. The number of hydrogen-bond acceptors (Lipinski definition) is 4. The summed E-state index contributed by atoms with van der Waals surface area (Å²) in [5, 5.41) is 3.13. The first-order valence-corrected chi connectivity index (χ1v) is 6.75. The number of fused-ring (bicyclic) bond motifs is 1. The predicted octanol–water partition coefficient (Wildman–Crippen LogP) is 2.26. The van der Waals surface area contributed by atoms with Crippen molar-refractivity contribution in [2.45, 2.75) is 25.8 Å². The molecular formula is C13H15N3S. The second-order valence-electron chi connectivity index (χ2n) is 4.34. The minimum atomic E-state index is 0.635. The van der Waals surface area contributed by atoms with Crippen LogP contribution in [0.15, 0.2) is 23.6 Å². The van der Waals surface area contributed by atoms with E-state index in [4.69, 9.17) is 5.84 Å². The smallest absolute Gasteiger partial charge is 0.108 e. The lowest BCUT2D eigenvalue weighted by molar-refractivity contribution is 0.737. The summed E-state index contributed by atoms with van der Waals surface area (Å²) < 4.78 is 0. The summed E-state index contributed by atoms with van der Waals surface area (Å²) in [7, 11) is 0. The van der Waals surface area contributed by atoms with Gasteiger partial charge in [0.25, 0.3) is 0 Å². The summed E-state index contributed by atoms with van der Waals surface area (Å²) in [4.78, 5) is 4.57. The first-order chi connectivity index (χ1) is 8.36. The Morgan fingerprint density at radius 1 is 1.29 bits per heavy atom. The van der Waals surface area contributed by atoms with Crippen LogP contribution in [-0.4, -0.2) is 4.98 Å². The standard InChI is InChI=1S/C13H15N3S/c14-15-7-13-16-12(8-17-13)11-5-4-9-2-1-3-10(9)6-11/h4-6,8,15H,1-3,7,14H2. The van der Waals surface area contributed by atoms with Gasteiger partial charge in [-0.15, -0.1) is 11.3 Å². The van der Waals surface area contributed by atoms with Gasteiger partial charge in [-0.25, -0.2) is 4.98 Å². The molecule has 4 heteroatoms. The van der Waals surface area contributed by atoms with Gasteiger partial charge in [-0.1, -0.05) is 12.1 Å². The molecule has 1 heterocycles. The van der Waals surface area contributed by atoms with Crippen LogP contribution in [0.4, 0.5) is 0 Å². The molecule has 0 fully saturated rings. The Kier molecular flexibility index (Phi) is 2.93. The molecule has 0 unspecified atom stereocenters. The largest absolute Gasteiger partial charge is 0.271 e. The third kappa shape index (κ3) is 2.11. The fraction of sp³-hybridized carbons (Fsp3) is 0.308. The Balaban J connectivity index is 1.92. The van der Waals surface area contributed by atoms with Gasteiger partial charge in [0.05, 0.1) is 12.2 Å². The molecule has 3 nitrogen and oxygen atoms in total. The molecule has 1 aliphatic carbocycles. The van der Waals surface area contributed by atoms with Crippen molar-refractivity contribution < 1.29 is 0 Å². The zero-order chi connectivity index (χ0) is 11.7. The van der Waals surface area contributed by atoms with Crippen LogP contribution >= 0.6 is 11.3 Å². The van der Waals surface area contributed by atoms with E-state index >= 15 is 0 Å². The van der Waals surface area contributed by atoms with Crippen LogP contribution in [0.25, 0.3) is 11.3 Å². The van der Waals surface area contributed by atoms with Crippen molar-refractivity contribution in [1.29, 1.82) is 0 Å². The van der Waals surface area contributed by atoms with Crippen LogP contribution < -0.4 is 11.3 Å². The second-order valence-corrected chi connectivity index (χ2v) is 5.29. The number of hydrazine groups is 1. The Hall–Kier alpha value is -1.23. The highest BCUT2D eigenvalue weighted by atomic mass is 32.1. The number of aromatic nitrogens is 1. The van der Waals surface area contributed by atoms with Crippen LogP contribution in [0, 0.1) is 0 Å². The first-order valence-electron chi connectivity index (χ1n) is 5.87. The maximum atomic E-state index is 5.30. The van der Waals surface area contributed by atoms with Gasteiger partial charge in [0.15, 0.2) is 0 Å². The van der Waals surface area contributed by atoms with E-state index in [2.05, 4.69) is 34.0 Å². The zero-order valence-electron chi connectivity index (χ0n) is 9.57. The van der Waals surface area contributed by atoms with Crippen molar-refractivity contribution in [2.24, 2.45) is 5.84 Å². The van der Waals surface area contributed by atoms with Gasteiger partial charge >= 0.3 is 0 Å². The molecule has 17 heavy (non-hydrogen) atoms.